The summed E-state index contributed by atoms with van der Waals surface area (Å²) in [4.78, 5) is 0. The van der Waals surface area contributed by atoms with Gasteiger partial charge in [0, 0.05) is 0 Å². The van der Waals surface area contributed by atoms with Gasteiger partial charge in [-0.25, -0.2) is 0 Å². The molecule has 2 saturated carbocycles. The van der Waals surface area contributed by atoms with E-state index in [-0.39, 0.29) is 0 Å². The summed E-state index contributed by atoms with van der Waals surface area (Å²) in [5, 5.41) is 0. The van der Waals surface area contributed by atoms with Gasteiger partial charge < -0.3 is 0 Å². The van der Waals surface area contributed by atoms with Gasteiger partial charge in [0.05, 0.1) is 0 Å². The van der Waals surface area contributed by atoms with Crippen LogP contribution in [0.2, 0.25) is 0 Å². The minimum absolute atomic E-state index is 0.514. The van der Waals surface area contributed by atoms with Gasteiger partial charge in [0.1, 0.15) is 0 Å². The molecular formula is C30H54S. The number of hydrogen-bond acceptors (Lipinski definition) is 1. The van der Waals surface area contributed by atoms with Crippen LogP contribution < -0.4 is 0 Å². The summed E-state index contributed by atoms with van der Waals surface area (Å²) in [6.07, 6.45) is 19.4. The second kappa shape index (κ2) is 10.6. The summed E-state index contributed by atoms with van der Waals surface area (Å²) in [5.41, 5.74) is 2.91. The minimum Gasteiger partial charge on any atom is -0.165 e. The Labute approximate surface area is 200 Å². The molecule has 0 amide bonds. The number of rotatable bonds is 9. The van der Waals surface area contributed by atoms with E-state index in [0.29, 0.717) is 10.8 Å². The van der Waals surface area contributed by atoms with Gasteiger partial charge in [-0.1, -0.05) is 79.4 Å². The van der Waals surface area contributed by atoms with E-state index in [1.54, 1.807) is 0 Å². The van der Waals surface area contributed by atoms with Gasteiger partial charge in [-0.2, -0.15) is 11.8 Å². The molecule has 0 bridgehead atoms. The van der Waals surface area contributed by atoms with E-state index in [1.165, 1.54) is 70.0 Å². The van der Waals surface area contributed by atoms with Crippen molar-refractivity contribution in [1.82, 2.24) is 0 Å². The SMILES string of the molecule is CSCCC1CCC2(C)C(=CCC3C2CCC(C)(C(C)C(C)CCCC(C)C)C3C)C1. The number of allylic oxidation sites excluding steroid dienone is 2. The van der Waals surface area contributed by atoms with Crippen LogP contribution in [0.5, 0.6) is 0 Å². The van der Waals surface area contributed by atoms with Crippen molar-refractivity contribution in [2.45, 2.75) is 113 Å². The summed E-state index contributed by atoms with van der Waals surface area (Å²) in [6, 6.07) is 0. The molecule has 8 unspecified atom stereocenters. The van der Waals surface area contributed by atoms with Crippen LogP contribution in [-0.2, 0) is 0 Å². The minimum atomic E-state index is 0.514. The molecule has 0 heterocycles. The lowest BCUT2D eigenvalue weighted by atomic mass is 9.45. The monoisotopic (exact) mass is 446 g/mol. The molecule has 31 heavy (non-hydrogen) atoms. The van der Waals surface area contributed by atoms with Gasteiger partial charge in [0.15, 0.2) is 0 Å². The number of hydrogen-bond donors (Lipinski definition) is 0. The first-order chi connectivity index (χ1) is 14.6. The number of fused-ring (bicyclic) bond motifs is 3. The zero-order valence-corrected chi connectivity index (χ0v) is 23.1. The van der Waals surface area contributed by atoms with Gasteiger partial charge in [0.25, 0.3) is 0 Å². The molecule has 180 valence electrons. The Bertz CT molecular complexity index is 606. The fourth-order valence-electron chi connectivity index (χ4n) is 8.16. The summed E-state index contributed by atoms with van der Waals surface area (Å²) in [6.45, 7) is 17.9. The van der Waals surface area contributed by atoms with E-state index in [9.17, 15) is 0 Å². The fourth-order valence-corrected chi connectivity index (χ4v) is 8.72. The third kappa shape index (κ3) is 5.27. The lowest BCUT2D eigenvalue weighted by molar-refractivity contribution is -0.0723. The van der Waals surface area contributed by atoms with E-state index in [0.717, 1.165) is 41.4 Å². The molecule has 0 aromatic rings. The molecule has 1 heteroatoms. The van der Waals surface area contributed by atoms with Crippen molar-refractivity contribution in [3.63, 3.8) is 0 Å². The molecule has 0 saturated heterocycles. The topological polar surface area (TPSA) is 0 Å². The first-order valence-electron chi connectivity index (χ1n) is 13.8. The zero-order valence-electron chi connectivity index (χ0n) is 22.3. The highest BCUT2D eigenvalue weighted by Gasteiger charge is 2.54. The second-order valence-electron chi connectivity index (χ2n) is 13.0. The predicted octanol–water partition coefficient (Wildman–Crippen LogP) is 9.64. The summed E-state index contributed by atoms with van der Waals surface area (Å²) < 4.78 is 0. The van der Waals surface area contributed by atoms with Crippen molar-refractivity contribution in [2.75, 3.05) is 12.0 Å². The Kier molecular flexibility index (Phi) is 8.76. The average Bonchev–Trinajstić information content (AvgIpc) is 2.73. The molecule has 0 spiro atoms. The molecule has 3 aliphatic rings. The third-order valence-corrected chi connectivity index (χ3v) is 11.7. The molecule has 0 aliphatic heterocycles. The Balaban J connectivity index is 1.69. The Morgan fingerprint density at radius 3 is 2.48 bits per heavy atom. The number of thioether (sulfide) groups is 1. The van der Waals surface area contributed by atoms with Gasteiger partial charge in [-0.15, -0.1) is 0 Å². The molecule has 0 nitrogen and oxygen atoms in total. The highest BCUT2D eigenvalue weighted by atomic mass is 32.2. The van der Waals surface area contributed by atoms with E-state index < -0.39 is 0 Å². The van der Waals surface area contributed by atoms with Gasteiger partial charge in [-0.3, -0.25) is 0 Å². The highest BCUT2D eigenvalue weighted by Crippen LogP contribution is 2.63. The van der Waals surface area contributed by atoms with Gasteiger partial charge in [-0.05, 0) is 109 Å². The van der Waals surface area contributed by atoms with E-state index in [1.807, 2.05) is 17.3 Å². The lowest BCUT2D eigenvalue weighted by Crippen LogP contribution is -2.52. The highest BCUT2D eigenvalue weighted by molar-refractivity contribution is 7.98. The summed E-state index contributed by atoms with van der Waals surface area (Å²) in [5.74, 6) is 7.59. The standard InChI is InChI=1S/C30H54S/c1-21(2)10-9-11-22(3)23(4)29(6)18-15-28-27(24(29)5)13-12-26-20-25(16-19-31-8)14-17-30(26,28)7/h12,21-25,27-28H,9-11,13-20H2,1-8H3. The maximum Gasteiger partial charge on any atom is -0.00676 e. The largest absolute Gasteiger partial charge is 0.165 e. The van der Waals surface area contributed by atoms with Crippen molar-refractivity contribution in [1.29, 1.82) is 0 Å². The fraction of sp³-hybridized carbons (Fsp3) is 0.933. The van der Waals surface area contributed by atoms with E-state index in [2.05, 4.69) is 60.8 Å². The van der Waals surface area contributed by atoms with Crippen LogP contribution in [0.4, 0.5) is 0 Å². The molecule has 8 atom stereocenters. The first-order valence-corrected chi connectivity index (χ1v) is 15.2. The van der Waals surface area contributed by atoms with Crippen molar-refractivity contribution < 1.29 is 0 Å². The van der Waals surface area contributed by atoms with Crippen molar-refractivity contribution >= 4 is 11.8 Å². The van der Waals surface area contributed by atoms with Crippen molar-refractivity contribution in [3.8, 4) is 0 Å². The van der Waals surface area contributed by atoms with Crippen LogP contribution >= 0.6 is 11.8 Å². The third-order valence-electron chi connectivity index (χ3n) is 11.0. The summed E-state index contributed by atoms with van der Waals surface area (Å²) >= 11 is 2.03. The van der Waals surface area contributed by atoms with Gasteiger partial charge >= 0.3 is 0 Å². The molecule has 3 aliphatic carbocycles. The van der Waals surface area contributed by atoms with Crippen LogP contribution in [0.25, 0.3) is 0 Å². The van der Waals surface area contributed by atoms with Crippen LogP contribution in [-0.4, -0.2) is 12.0 Å². The maximum absolute atomic E-state index is 2.76. The smallest absolute Gasteiger partial charge is 0.00676 e. The normalized spacial score (nSPS) is 40.1. The van der Waals surface area contributed by atoms with E-state index >= 15 is 0 Å². The zero-order chi connectivity index (χ0) is 22.8. The molecule has 0 aromatic carbocycles. The molecule has 3 rings (SSSR count). The van der Waals surface area contributed by atoms with Crippen molar-refractivity contribution in [3.05, 3.63) is 11.6 Å². The van der Waals surface area contributed by atoms with Crippen LogP contribution in [0, 0.1) is 52.3 Å². The van der Waals surface area contributed by atoms with Crippen LogP contribution in [0.15, 0.2) is 11.6 Å². The summed E-state index contributed by atoms with van der Waals surface area (Å²) in [7, 11) is 0. The Morgan fingerprint density at radius 1 is 1.06 bits per heavy atom. The molecule has 0 radical (unpaired) electrons. The Morgan fingerprint density at radius 2 is 1.81 bits per heavy atom. The predicted molar refractivity (Wildman–Crippen MR) is 142 cm³/mol. The Hall–Kier alpha value is 0.0900. The van der Waals surface area contributed by atoms with Crippen LogP contribution in [0.1, 0.15) is 113 Å². The van der Waals surface area contributed by atoms with Crippen LogP contribution in [0.3, 0.4) is 0 Å². The molecule has 0 aromatic heterocycles. The second-order valence-corrected chi connectivity index (χ2v) is 14.0. The van der Waals surface area contributed by atoms with Gasteiger partial charge in [0.2, 0.25) is 0 Å². The van der Waals surface area contributed by atoms with Crippen molar-refractivity contribution in [2.24, 2.45) is 52.3 Å². The molecule has 0 N–H and O–H groups in total. The average molecular weight is 447 g/mol. The first kappa shape index (κ1) is 25.7. The maximum atomic E-state index is 2.76. The molecular weight excluding hydrogens is 392 g/mol. The lowest BCUT2D eigenvalue weighted by Gasteiger charge is -2.60. The quantitative estimate of drug-likeness (QED) is 0.318. The van der Waals surface area contributed by atoms with E-state index in [4.69, 9.17) is 0 Å². The molecule has 2 fully saturated rings.